The fourth-order valence-corrected chi connectivity index (χ4v) is 3.20. The minimum absolute atomic E-state index is 0.0156. The lowest BCUT2D eigenvalue weighted by Gasteiger charge is -2.25. The Bertz CT molecular complexity index is 1020. The zero-order chi connectivity index (χ0) is 20.2. The SMILES string of the molecule is COc1ccc2c(c1)OC[C@H](C(=O)Nc1c(F)cccc1Oc1ccccc1)C2. The van der Waals surface area contributed by atoms with Crippen LogP contribution >= 0.6 is 0 Å². The van der Waals surface area contributed by atoms with Gasteiger partial charge in [-0.3, -0.25) is 4.79 Å². The topological polar surface area (TPSA) is 56.8 Å². The molecule has 1 aliphatic heterocycles. The van der Waals surface area contributed by atoms with Crippen molar-refractivity contribution in [1.82, 2.24) is 0 Å². The quantitative estimate of drug-likeness (QED) is 0.675. The summed E-state index contributed by atoms with van der Waals surface area (Å²) in [6.07, 6.45) is 0.495. The Balaban J connectivity index is 1.51. The van der Waals surface area contributed by atoms with Crippen molar-refractivity contribution in [1.29, 1.82) is 0 Å². The Kier molecular flexibility index (Phi) is 5.33. The lowest BCUT2D eigenvalue weighted by atomic mass is 9.95. The van der Waals surface area contributed by atoms with Gasteiger partial charge in [0.05, 0.1) is 13.0 Å². The van der Waals surface area contributed by atoms with E-state index in [9.17, 15) is 9.18 Å². The van der Waals surface area contributed by atoms with Crippen LogP contribution in [-0.4, -0.2) is 19.6 Å². The maximum atomic E-state index is 14.5. The van der Waals surface area contributed by atoms with Gasteiger partial charge in [0.15, 0.2) is 11.6 Å². The average molecular weight is 393 g/mol. The van der Waals surface area contributed by atoms with Crippen LogP contribution in [-0.2, 0) is 11.2 Å². The molecular weight excluding hydrogens is 373 g/mol. The van der Waals surface area contributed by atoms with Gasteiger partial charge in [-0.15, -0.1) is 0 Å². The first-order valence-corrected chi connectivity index (χ1v) is 9.26. The highest BCUT2D eigenvalue weighted by atomic mass is 19.1. The van der Waals surface area contributed by atoms with Crippen LogP contribution in [0.4, 0.5) is 10.1 Å². The summed E-state index contributed by atoms with van der Waals surface area (Å²) in [6, 6.07) is 19.0. The molecule has 29 heavy (non-hydrogen) atoms. The number of halogens is 1. The molecule has 1 heterocycles. The maximum absolute atomic E-state index is 14.5. The van der Waals surface area contributed by atoms with E-state index in [1.165, 1.54) is 12.1 Å². The first-order chi connectivity index (χ1) is 14.1. The summed E-state index contributed by atoms with van der Waals surface area (Å²) >= 11 is 0. The number of hydrogen-bond donors (Lipinski definition) is 1. The molecule has 5 nitrogen and oxygen atoms in total. The van der Waals surface area contributed by atoms with Gasteiger partial charge in [0.1, 0.15) is 29.5 Å². The van der Waals surface area contributed by atoms with Gasteiger partial charge in [0.2, 0.25) is 5.91 Å². The lowest BCUT2D eigenvalue weighted by Crippen LogP contribution is -2.33. The number of methoxy groups -OCH3 is 1. The molecule has 0 aliphatic carbocycles. The molecule has 0 fully saturated rings. The van der Waals surface area contributed by atoms with E-state index in [1.54, 1.807) is 31.4 Å². The molecule has 0 saturated carbocycles. The zero-order valence-corrected chi connectivity index (χ0v) is 15.9. The fourth-order valence-electron chi connectivity index (χ4n) is 3.20. The number of rotatable bonds is 5. The van der Waals surface area contributed by atoms with E-state index in [1.807, 2.05) is 30.3 Å². The Hall–Kier alpha value is -3.54. The molecule has 0 spiro atoms. The average Bonchev–Trinajstić information content (AvgIpc) is 2.76. The van der Waals surface area contributed by atoms with Crippen molar-refractivity contribution in [2.24, 2.45) is 5.92 Å². The van der Waals surface area contributed by atoms with Crippen LogP contribution in [0.25, 0.3) is 0 Å². The number of hydrogen-bond acceptors (Lipinski definition) is 4. The predicted octanol–water partition coefficient (Wildman–Crippen LogP) is 4.82. The number of ether oxygens (including phenoxy) is 3. The number of para-hydroxylation sites is 2. The highest BCUT2D eigenvalue weighted by Gasteiger charge is 2.28. The van der Waals surface area contributed by atoms with Crippen molar-refractivity contribution in [2.75, 3.05) is 19.0 Å². The van der Waals surface area contributed by atoms with E-state index in [2.05, 4.69) is 5.32 Å². The summed E-state index contributed by atoms with van der Waals surface area (Å²) in [4.78, 5) is 12.8. The van der Waals surface area contributed by atoms with E-state index >= 15 is 0 Å². The summed E-state index contributed by atoms with van der Waals surface area (Å²) in [5.74, 6) is 0.861. The molecule has 0 unspecified atom stereocenters. The van der Waals surface area contributed by atoms with Crippen LogP contribution in [0.2, 0.25) is 0 Å². The van der Waals surface area contributed by atoms with Crippen LogP contribution in [0.1, 0.15) is 5.56 Å². The van der Waals surface area contributed by atoms with Crippen molar-refractivity contribution in [2.45, 2.75) is 6.42 Å². The smallest absolute Gasteiger partial charge is 0.231 e. The van der Waals surface area contributed by atoms with Gasteiger partial charge in [-0.25, -0.2) is 4.39 Å². The second-order valence-corrected chi connectivity index (χ2v) is 6.70. The molecular formula is C23H20FNO4. The summed E-state index contributed by atoms with van der Waals surface area (Å²) in [5, 5.41) is 2.68. The van der Waals surface area contributed by atoms with Gasteiger partial charge in [0, 0.05) is 6.07 Å². The van der Waals surface area contributed by atoms with Gasteiger partial charge >= 0.3 is 0 Å². The van der Waals surface area contributed by atoms with Crippen LogP contribution in [0.15, 0.2) is 66.7 Å². The Morgan fingerprint density at radius 1 is 1.07 bits per heavy atom. The monoisotopic (exact) mass is 393 g/mol. The number of anilines is 1. The molecule has 1 N–H and O–H groups in total. The third-order valence-electron chi connectivity index (χ3n) is 4.75. The van der Waals surface area contributed by atoms with Crippen LogP contribution in [0.5, 0.6) is 23.0 Å². The van der Waals surface area contributed by atoms with Gasteiger partial charge < -0.3 is 19.5 Å². The number of amides is 1. The van der Waals surface area contributed by atoms with Gasteiger partial charge in [-0.1, -0.05) is 30.3 Å². The zero-order valence-electron chi connectivity index (χ0n) is 15.9. The second kappa shape index (κ2) is 8.22. The summed E-state index contributed by atoms with van der Waals surface area (Å²) in [6.45, 7) is 0.204. The molecule has 0 bridgehead atoms. The maximum Gasteiger partial charge on any atom is 0.231 e. The molecule has 4 rings (SSSR count). The first kappa shape index (κ1) is 18.8. The largest absolute Gasteiger partial charge is 0.497 e. The van der Waals surface area contributed by atoms with E-state index in [0.29, 0.717) is 23.7 Å². The van der Waals surface area contributed by atoms with E-state index in [-0.39, 0.29) is 24.0 Å². The number of carbonyl (C=O) groups excluding carboxylic acids is 1. The van der Waals surface area contributed by atoms with Crippen LogP contribution in [0, 0.1) is 11.7 Å². The fraction of sp³-hybridized carbons (Fsp3) is 0.174. The van der Waals surface area contributed by atoms with Gasteiger partial charge in [0.25, 0.3) is 0 Å². The molecule has 3 aromatic carbocycles. The third kappa shape index (κ3) is 4.16. The number of fused-ring (bicyclic) bond motifs is 1. The lowest BCUT2D eigenvalue weighted by molar-refractivity contribution is -0.121. The molecule has 6 heteroatoms. The molecule has 3 aromatic rings. The Labute approximate surface area is 168 Å². The molecule has 0 aromatic heterocycles. The summed E-state index contributed by atoms with van der Waals surface area (Å²) in [7, 11) is 1.59. The number of nitrogens with one attached hydrogen (secondary N) is 1. The van der Waals surface area contributed by atoms with E-state index in [4.69, 9.17) is 14.2 Å². The van der Waals surface area contributed by atoms with Crippen LogP contribution < -0.4 is 19.5 Å². The van der Waals surface area contributed by atoms with Crippen molar-refractivity contribution in [3.8, 4) is 23.0 Å². The molecule has 1 aliphatic rings. The second-order valence-electron chi connectivity index (χ2n) is 6.70. The molecule has 0 radical (unpaired) electrons. The van der Waals surface area contributed by atoms with Crippen molar-refractivity contribution in [3.63, 3.8) is 0 Å². The third-order valence-corrected chi connectivity index (χ3v) is 4.75. The van der Waals surface area contributed by atoms with Crippen molar-refractivity contribution in [3.05, 3.63) is 78.1 Å². The molecule has 1 amide bonds. The minimum atomic E-state index is -0.561. The predicted molar refractivity (Wildman–Crippen MR) is 107 cm³/mol. The van der Waals surface area contributed by atoms with Crippen molar-refractivity contribution < 1.29 is 23.4 Å². The minimum Gasteiger partial charge on any atom is -0.497 e. The first-order valence-electron chi connectivity index (χ1n) is 9.26. The van der Waals surface area contributed by atoms with E-state index in [0.717, 1.165) is 5.56 Å². The standard InChI is InChI=1S/C23H20FNO4/c1-27-18-11-10-15-12-16(14-28-21(15)13-18)23(26)25-22-19(24)8-5-9-20(22)29-17-6-3-2-4-7-17/h2-11,13,16H,12,14H2,1H3,(H,25,26)/t16-/m1/s1. The van der Waals surface area contributed by atoms with E-state index < -0.39 is 11.7 Å². The number of benzene rings is 3. The highest BCUT2D eigenvalue weighted by Crippen LogP contribution is 2.34. The number of carbonyl (C=O) groups is 1. The normalized spacial score (nSPS) is 15.0. The van der Waals surface area contributed by atoms with Crippen LogP contribution in [0.3, 0.4) is 0 Å². The Morgan fingerprint density at radius 3 is 2.69 bits per heavy atom. The van der Waals surface area contributed by atoms with Gasteiger partial charge in [-0.05, 0) is 42.3 Å². The molecule has 148 valence electrons. The van der Waals surface area contributed by atoms with Crippen molar-refractivity contribution >= 4 is 11.6 Å². The van der Waals surface area contributed by atoms with Gasteiger partial charge in [-0.2, -0.15) is 0 Å². The highest BCUT2D eigenvalue weighted by molar-refractivity contribution is 5.94. The Morgan fingerprint density at radius 2 is 1.90 bits per heavy atom. The molecule has 1 atom stereocenters. The summed E-state index contributed by atoms with van der Waals surface area (Å²) in [5.41, 5.74) is 0.924. The summed E-state index contributed by atoms with van der Waals surface area (Å²) < 4.78 is 31.1. The molecule has 0 saturated heterocycles.